The van der Waals surface area contributed by atoms with Crippen molar-refractivity contribution < 1.29 is 14.6 Å². The van der Waals surface area contributed by atoms with Crippen LogP contribution < -0.4 is 4.74 Å². The van der Waals surface area contributed by atoms with E-state index in [0.717, 1.165) is 0 Å². The number of carbonyl (C=O) groups is 1. The first-order valence-corrected chi connectivity index (χ1v) is 4.57. The second kappa shape index (κ2) is 4.43. The predicted molar refractivity (Wildman–Crippen MR) is 54.5 cm³/mol. The number of hydrogen-bond acceptors (Lipinski definition) is 4. The van der Waals surface area contributed by atoms with Crippen LogP contribution in [0.25, 0.3) is 5.69 Å². The van der Waals surface area contributed by atoms with Crippen molar-refractivity contribution in [1.82, 2.24) is 15.0 Å². The molecule has 1 aromatic heterocycles. The Hall–Kier alpha value is -2.37. The van der Waals surface area contributed by atoms with Crippen LogP contribution in [0.2, 0.25) is 0 Å². The largest absolute Gasteiger partial charge is 0.480 e. The molecule has 0 aliphatic heterocycles. The van der Waals surface area contributed by atoms with Crippen LogP contribution in [0.4, 0.5) is 0 Å². The molecule has 6 heteroatoms. The van der Waals surface area contributed by atoms with Gasteiger partial charge in [0.05, 0.1) is 12.4 Å². The molecule has 0 bridgehead atoms. The summed E-state index contributed by atoms with van der Waals surface area (Å²) in [5.41, 5.74) is 0.654. The molecule has 2 aromatic rings. The highest BCUT2D eigenvalue weighted by atomic mass is 16.5. The molecule has 1 aromatic carbocycles. The third-order valence-corrected chi connectivity index (χ3v) is 1.89. The minimum Gasteiger partial charge on any atom is -0.480 e. The fourth-order valence-corrected chi connectivity index (χ4v) is 1.24. The number of carboxylic acids is 1. The molecular weight excluding hydrogens is 210 g/mol. The highest BCUT2D eigenvalue weighted by Crippen LogP contribution is 2.20. The summed E-state index contributed by atoms with van der Waals surface area (Å²) in [7, 11) is 0. The highest BCUT2D eigenvalue weighted by Gasteiger charge is 2.07. The molecule has 0 radical (unpaired) electrons. The molecule has 0 saturated carbocycles. The maximum Gasteiger partial charge on any atom is 0.341 e. The number of ether oxygens (including phenoxy) is 1. The van der Waals surface area contributed by atoms with Crippen LogP contribution in [0.15, 0.2) is 36.7 Å². The molecule has 0 unspecified atom stereocenters. The van der Waals surface area contributed by atoms with Gasteiger partial charge < -0.3 is 9.84 Å². The maximum absolute atomic E-state index is 10.4. The van der Waals surface area contributed by atoms with Gasteiger partial charge in [0.25, 0.3) is 0 Å². The SMILES string of the molecule is O=C(O)COc1ccccc1-n1ccnn1. The third-order valence-electron chi connectivity index (χ3n) is 1.89. The summed E-state index contributed by atoms with van der Waals surface area (Å²) in [6, 6.07) is 7.02. The van der Waals surface area contributed by atoms with E-state index in [1.165, 1.54) is 10.9 Å². The van der Waals surface area contributed by atoms with Crippen molar-refractivity contribution in [3.8, 4) is 11.4 Å². The molecule has 0 amide bonds. The van der Waals surface area contributed by atoms with E-state index in [-0.39, 0.29) is 6.61 Å². The van der Waals surface area contributed by atoms with E-state index in [1.807, 2.05) is 6.07 Å². The molecule has 16 heavy (non-hydrogen) atoms. The van der Waals surface area contributed by atoms with Gasteiger partial charge in [0, 0.05) is 0 Å². The van der Waals surface area contributed by atoms with Crippen molar-refractivity contribution >= 4 is 5.97 Å². The molecule has 82 valence electrons. The van der Waals surface area contributed by atoms with Gasteiger partial charge >= 0.3 is 5.97 Å². The summed E-state index contributed by atoms with van der Waals surface area (Å²) >= 11 is 0. The number of aromatic nitrogens is 3. The van der Waals surface area contributed by atoms with E-state index in [4.69, 9.17) is 9.84 Å². The number of aliphatic carboxylic acids is 1. The van der Waals surface area contributed by atoms with Crippen molar-refractivity contribution in [2.45, 2.75) is 0 Å². The van der Waals surface area contributed by atoms with Crippen LogP contribution >= 0.6 is 0 Å². The minimum atomic E-state index is -1.02. The van der Waals surface area contributed by atoms with Gasteiger partial charge in [0.15, 0.2) is 6.61 Å². The zero-order chi connectivity index (χ0) is 11.4. The number of rotatable bonds is 4. The van der Waals surface area contributed by atoms with Gasteiger partial charge in [-0.15, -0.1) is 5.10 Å². The number of nitrogens with zero attached hydrogens (tertiary/aromatic N) is 3. The van der Waals surface area contributed by atoms with Crippen molar-refractivity contribution in [2.75, 3.05) is 6.61 Å². The van der Waals surface area contributed by atoms with Crippen molar-refractivity contribution in [1.29, 1.82) is 0 Å². The molecule has 0 aliphatic carbocycles. The quantitative estimate of drug-likeness (QED) is 0.820. The van der Waals surface area contributed by atoms with Crippen LogP contribution in [0, 0.1) is 0 Å². The summed E-state index contributed by atoms with van der Waals surface area (Å²) in [6.07, 6.45) is 3.19. The molecule has 0 saturated heterocycles. The number of hydrogen-bond donors (Lipinski definition) is 1. The molecule has 2 rings (SSSR count). The molecular formula is C10H9N3O3. The standard InChI is InChI=1S/C10H9N3O3/c14-10(15)7-16-9-4-2-1-3-8(9)13-6-5-11-12-13/h1-6H,7H2,(H,14,15). The lowest BCUT2D eigenvalue weighted by Gasteiger charge is -2.08. The van der Waals surface area contributed by atoms with E-state index >= 15 is 0 Å². The third kappa shape index (κ3) is 2.17. The lowest BCUT2D eigenvalue weighted by atomic mass is 10.3. The molecule has 1 N–H and O–H groups in total. The summed E-state index contributed by atoms with van der Waals surface area (Å²) in [6.45, 7) is -0.383. The van der Waals surface area contributed by atoms with Crippen molar-refractivity contribution in [3.63, 3.8) is 0 Å². The lowest BCUT2D eigenvalue weighted by molar-refractivity contribution is -0.139. The highest BCUT2D eigenvalue weighted by molar-refractivity contribution is 5.68. The fourth-order valence-electron chi connectivity index (χ4n) is 1.24. The van der Waals surface area contributed by atoms with Gasteiger partial charge in [-0.2, -0.15) is 0 Å². The van der Waals surface area contributed by atoms with Crippen LogP contribution in [0.1, 0.15) is 0 Å². The fraction of sp³-hybridized carbons (Fsp3) is 0.100. The second-order valence-corrected chi connectivity index (χ2v) is 3.00. The Bertz CT molecular complexity index is 482. The van der Waals surface area contributed by atoms with Gasteiger partial charge in [-0.1, -0.05) is 17.3 Å². The van der Waals surface area contributed by atoms with E-state index in [1.54, 1.807) is 24.4 Å². The first-order chi connectivity index (χ1) is 7.77. The predicted octanol–water partition coefficient (Wildman–Crippen LogP) is 0.731. The van der Waals surface area contributed by atoms with Crippen LogP contribution in [0.3, 0.4) is 0 Å². The zero-order valence-corrected chi connectivity index (χ0v) is 8.28. The van der Waals surface area contributed by atoms with E-state index in [9.17, 15) is 4.79 Å². The Morgan fingerprint density at radius 1 is 1.44 bits per heavy atom. The summed E-state index contributed by atoms with van der Waals surface area (Å²) in [5.74, 6) is -0.566. The lowest BCUT2D eigenvalue weighted by Crippen LogP contribution is -2.11. The van der Waals surface area contributed by atoms with E-state index in [0.29, 0.717) is 11.4 Å². The van der Waals surface area contributed by atoms with Gasteiger partial charge in [-0.25, -0.2) is 9.48 Å². The first kappa shape index (κ1) is 10.2. The summed E-state index contributed by atoms with van der Waals surface area (Å²) in [5, 5.41) is 16.0. The van der Waals surface area contributed by atoms with Crippen molar-refractivity contribution in [3.05, 3.63) is 36.7 Å². The smallest absolute Gasteiger partial charge is 0.341 e. The summed E-state index contributed by atoms with van der Waals surface area (Å²) < 4.78 is 6.65. The van der Waals surface area contributed by atoms with Crippen LogP contribution in [-0.2, 0) is 4.79 Å². The van der Waals surface area contributed by atoms with Crippen LogP contribution in [0.5, 0.6) is 5.75 Å². The van der Waals surface area contributed by atoms with Gasteiger partial charge in [-0.3, -0.25) is 0 Å². The topological polar surface area (TPSA) is 77.2 Å². The van der Waals surface area contributed by atoms with Gasteiger partial charge in [-0.05, 0) is 12.1 Å². The zero-order valence-electron chi connectivity index (χ0n) is 8.28. The van der Waals surface area contributed by atoms with E-state index < -0.39 is 5.97 Å². The maximum atomic E-state index is 10.4. The Kier molecular flexibility index (Phi) is 2.81. The van der Waals surface area contributed by atoms with Crippen molar-refractivity contribution in [2.24, 2.45) is 0 Å². The first-order valence-electron chi connectivity index (χ1n) is 4.57. The number of benzene rings is 1. The van der Waals surface area contributed by atoms with Crippen LogP contribution in [-0.4, -0.2) is 32.7 Å². The van der Waals surface area contributed by atoms with E-state index in [2.05, 4.69) is 10.3 Å². The normalized spacial score (nSPS) is 10.0. The average Bonchev–Trinajstić information content (AvgIpc) is 2.80. The molecule has 0 fully saturated rings. The number of carboxylic acid groups (broad SMARTS) is 1. The average molecular weight is 219 g/mol. The molecule has 0 aliphatic rings. The van der Waals surface area contributed by atoms with Gasteiger partial charge in [0.1, 0.15) is 11.4 Å². The number of para-hydroxylation sites is 2. The molecule has 0 atom stereocenters. The Morgan fingerprint density at radius 3 is 2.94 bits per heavy atom. The molecule has 1 heterocycles. The second-order valence-electron chi connectivity index (χ2n) is 3.00. The monoisotopic (exact) mass is 219 g/mol. The Balaban J connectivity index is 2.27. The molecule has 6 nitrogen and oxygen atoms in total. The Labute approximate surface area is 91.1 Å². The molecule has 0 spiro atoms. The van der Waals surface area contributed by atoms with Gasteiger partial charge in [0.2, 0.25) is 0 Å². The summed E-state index contributed by atoms with van der Waals surface area (Å²) in [4.78, 5) is 10.4. The minimum absolute atomic E-state index is 0.383. The Morgan fingerprint density at radius 2 is 2.25 bits per heavy atom.